The zero-order chi connectivity index (χ0) is 11.0. The lowest BCUT2D eigenvalue weighted by atomic mass is 9.97. The zero-order valence-electron chi connectivity index (χ0n) is 9.32. The largest absolute Gasteiger partial charge is 0.490 e. The van der Waals surface area contributed by atoms with Crippen LogP contribution >= 0.6 is 0 Å². The molecule has 2 aliphatic rings. The highest BCUT2D eigenvalue weighted by Gasteiger charge is 2.27. The van der Waals surface area contributed by atoms with E-state index in [1.165, 1.54) is 12.8 Å². The third kappa shape index (κ3) is 1.97. The minimum Gasteiger partial charge on any atom is -0.490 e. The summed E-state index contributed by atoms with van der Waals surface area (Å²) in [5.74, 6) is 1.45. The van der Waals surface area contributed by atoms with E-state index >= 15 is 0 Å². The predicted molar refractivity (Wildman–Crippen MR) is 61.7 cm³/mol. The second-order valence-corrected chi connectivity index (χ2v) is 4.80. The van der Waals surface area contributed by atoms with Gasteiger partial charge in [-0.15, -0.1) is 0 Å². The van der Waals surface area contributed by atoms with E-state index in [0.29, 0.717) is 11.9 Å². The Bertz CT molecular complexity index is 407. The van der Waals surface area contributed by atoms with Crippen LogP contribution in [0.15, 0.2) is 24.3 Å². The summed E-state index contributed by atoms with van der Waals surface area (Å²) in [5.41, 5.74) is 1.14. The van der Waals surface area contributed by atoms with Crippen LogP contribution in [0.2, 0.25) is 0 Å². The quantitative estimate of drug-likeness (QED) is 0.776. The van der Waals surface area contributed by atoms with Crippen LogP contribution in [0.5, 0.6) is 5.75 Å². The molecule has 1 aromatic carbocycles. The lowest BCUT2D eigenvalue weighted by molar-refractivity contribution is -0.118. The molecular weight excluding hydrogens is 200 g/mol. The number of Topliss-reactive ketones (excluding diaryl/α,β-unsaturated/α-hetero) is 1. The minimum atomic E-state index is 0.128. The molecule has 0 heterocycles. The molecule has 1 atom stereocenters. The van der Waals surface area contributed by atoms with Gasteiger partial charge in [-0.25, -0.2) is 0 Å². The summed E-state index contributed by atoms with van der Waals surface area (Å²) in [7, 11) is 0. The summed E-state index contributed by atoms with van der Waals surface area (Å²) < 4.78 is 5.75. The van der Waals surface area contributed by atoms with E-state index < -0.39 is 0 Å². The van der Waals surface area contributed by atoms with Gasteiger partial charge >= 0.3 is 0 Å². The Morgan fingerprint density at radius 3 is 2.75 bits per heavy atom. The first kappa shape index (κ1) is 9.88. The first-order valence-corrected chi connectivity index (χ1v) is 6.12. The van der Waals surface area contributed by atoms with Crippen molar-refractivity contribution in [3.05, 3.63) is 29.8 Å². The highest BCUT2D eigenvalue weighted by Crippen LogP contribution is 2.34. The summed E-state index contributed by atoms with van der Waals surface area (Å²) in [4.78, 5) is 11.7. The highest BCUT2D eigenvalue weighted by molar-refractivity contribution is 5.87. The van der Waals surface area contributed by atoms with Gasteiger partial charge < -0.3 is 4.74 Å². The van der Waals surface area contributed by atoms with Crippen LogP contribution in [0.25, 0.3) is 0 Å². The lowest BCUT2D eigenvalue weighted by Crippen LogP contribution is -2.04. The molecule has 2 saturated carbocycles. The maximum absolute atomic E-state index is 11.7. The summed E-state index contributed by atoms with van der Waals surface area (Å²) in [5, 5.41) is 0. The van der Waals surface area contributed by atoms with Crippen molar-refractivity contribution in [2.75, 3.05) is 0 Å². The van der Waals surface area contributed by atoms with Gasteiger partial charge in [0.1, 0.15) is 11.5 Å². The average Bonchev–Trinajstić information content (AvgIpc) is 2.99. The SMILES string of the molecule is O=C1CCCC1c1cccc(OC2CC2)c1. The minimum absolute atomic E-state index is 0.128. The number of benzene rings is 1. The number of hydrogen-bond acceptors (Lipinski definition) is 2. The normalized spacial score (nSPS) is 24.8. The molecule has 0 saturated heterocycles. The Balaban J connectivity index is 1.80. The smallest absolute Gasteiger partial charge is 0.140 e. The van der Waals surface area contributed by atoms with E-state index in [4.69, 9.17) is 4.74 Å². The maximum atomic E-state index is 11.7. The van der Waals surface area contributed by atoms with Gasteiger partial charge in [0.05, 0.1) is 6.10 Å². The van der Waals surface area contributed by atoms with Crippen molar-refractivity contribution >= 4 is 5.78 Å². The van der Waals surface area contributed by atoms with Gasteiger partial charge in [0, 0.05) is 12.3 Å². The number of carbonyl (C=O) groups excluding carboxylic acids is 1. The Labute approximate surface area is 95.6 Å². The molecule has 0 N–H and O–H groups in total. The average molecular weight is 216 g/mol. The molecule has 2 fully saturated rings. The fraction of sp³-hybridized carbons (Fsp3) is 0.500. The van der Waals surface area contributed by atoms with Crippen molar-refractivity contribution in [2.24, 2.45) is 0 Å². The molecule has 2 aliphatic carbocycles. The third-order valence-electron chi connectivity index (χ3n) is 3.39. The standard InChI is InChI=1S/C14H16O2/c15-14-6-2-5-13(14)10-3-1-4-12(9-10)16-11-7-8-11/h1,3-4,9,11,13H,2,5-8H2. The monoisotopic (exact) mass is 216 g/mol. The fourth-order valence-corrected chi connectivity index (χ4v) is 2.35. The third-order valence-corrected chi connectivity index (χ3v) is 3.39. The predicted octanol–water partition coefficient (Wildman–Crippen LogP) is 3.06. The van der Waals surface area contributed by atoms with Crippen molar-refractivity contribution in [1.82, 2.24) is 0 Å². The first-order chi connectivity index (χ1) is 7.83. The summed E-state index contributed by atoms with van der Waals surface area (Å²) >= 11 is 0. The van der Waals surface area contributed by atoms with E-state index in [0.717, 1.165) is 30.6 Å². The van der Waals surface area contributed by atoms with Gasteiger partial charge in [-0.1, -0.05) is 12.1 Å². The van der Waals surface area contributed by atoms with Gasteiger partial charge in [0.25, 0.3) is 0 Å². The van der Waals surface area contributed by atoms with Crippen molar-refractivity contribution < 1.29 is 9.53 Å². The van der Waals surface area contributed by atoms with E-state index in [9.17, 15) is 4.79 Å². The maximum Gasteiger partial charge on any atom is 0.140 e. The molecular formula is C14H16O2. The van der Waals surface area contributed by atoms with Crippen LogP contribution in [-0.2, 0) is 4.79 Å². The first-order valence-electron chi connectivity index (χ1n) is 6.12. The molecule has 0 radical (unpaired) electrons. The van der Waals surface area contributed by atoms with Crippen LogP contribution in [0.3, 0.4) is 0 Å². The molecule has 84 valence electrons. The van der Waals surface area contributed by atoms with Gasteiger partial charge in [0.2, 0.25) is 0 Å². The van der Waals surface area contributed by atoms with Gasteiger partial charge in [-0.3, -0.25) is 4.79 Å². The molecule has 16 heavy (non-hydrogen) atoms. The number of ether oxygens (including phenoxy) is 1. The van der Waals surface area contributed by atoms with E-state index in [1.807, 2.05) is 24.3 Å². The molecule has 0 aliphatic heterocycles. The van der Waals surface area contributed by atoms with E-state index in [1.54, 1.807) is 0 Å². The molecule has 0 aromatic heterocycles. The molecule has 0 spiro atoms. The number of carbonyl (C=O) groups is 1. The number of ketones is 1. The Morgan fingerprint density at radius 2 is 2.06 bits per heavy atom. The Hall–Kier alpha value is -1.31. The van der Waals surface area contributed by atoms with Crippen molar-refractivity contribution in [3.8, 4) is 5.75 Å². The molecule has 2 heteroatoms. The summed E-state index contributed by atoms with van der Waals surface area (Å²) in [6, 6.07) is 8.08. The molecule has 0 bridgehead atoms. The second-order valence-electron chi connectivity index (χ2n) is 4.80. The van der Waals surface area contributed by atoms with Crippen molar-refractivity contribution in [1.29, 1.82) is 0 Å². The Kier molecular flexibility index (Phi) is 2.43. The fourth-order valence-electron chi connectivity index (χ4n) is 2.35. The summed E-state index contributed by atoms with van der Waals surface area (Å²) in [6.45, 7) is 0. The van der Waals surface area contributed by atoms with Gasteiger partial charge in [-0.2, -0.15) is 0 Å². The summed E-state index contributed by atoms with van der Waals surface area (Å²) in [6.07, 6.45) is 5.56. The van der Waals surface area contributed by atoms with Gasteiger partial charge in [0.15, 0.2) is 0 Å². The lowest BCUT2D eigenvalue weighted by Gasteiger charge is -2.10. The van der Waals surface area contributed by atoms with Crippen molar-refractivity contribution in [3.63, 3.8) is 0 Å². The topological polar surface area (TPSA) is 26.3 Å². The second kappa shape index (κ2) is 3.93. The molecule has 1 unspecified atom stereocenters. The molecule has 0 amide bonds. The Morgan fingerprint density at radius 1 is 1.19 bits per heavy atom. The van der Waals surface area contributed by atoms with Crippen molar-refractivity contribution in [2.45, 2.75) is 44.1 Å². The molecule has 1 aromatic rings. The zero-order valence-corrected chi connectivity index (χ0v) is 9.32. The van der Waals surface area contributed by atoms with Gasteiger partial charge in [-0.05, 0) is 43.4 Å². The highest BCUT2D eigenvalue weighted by atomic mass is 16.5. The number of hydrogen-bond donors (Lipinski definition) is 0. The van der Waals surface area contributed by atoms with E-state index in [-0.39, 0.29) is 5.92 Å². The van der Waals surface area contributed by atoms with Crippen LogP contribution in [0, 0.1) is 0 Å². The number of rotatable bonds is 3. The molecule has 2 nitrogen and oxygen atoms in total. The van der Waals surface area contributed by atoms with Crippen LogP contribution in [-0.4, -0.2) is 11.9 Å². The molecule has 3 rings (SSSR count). The van der Waals surface area contributed by atoms with Crippen LogP contribution < -0.4 is 4.74 Å². The van der Waals surface area contributed by atoms with Crippen LogP contribution in [0.4, 0.5) is 0 Å². The van der Waals surface area contributed by atoms with Crippen LogP contribution in [0.1, 0.15) is 43.6 Å². The van der Waals surface area contributed by atoms with E-state index in [2.05, 4.69) is 0 Å².